The summed E-state index contributed by atoms with van der Waals surface area (Å²) in [7, 11) is 0. The molecule has 0 bridgehead atoms. The van der Waals surface area contributed by atoms with Crippen molar-refractivity contribution in [2.45, 2.75) is 38.5 Å². The molecule has 1 aromatic carbocycles. The van der Waals surface area contributed by atoms with Crippen LogP contribution in [-0.2, 0) is 6.54 Å². The molecule has 1 aliphatic carbocycles. The van der Waals surface area contributed by atoms with E-state index in [1.165, 1.54) is 0 Å². The van der Waals surface area contributed by atoms with Crippen molar-refractivity contribution in [3.05, 3.63) is 59.8 Å². The van der Waals surface area contributed by atoms with Crippen molar-refractivity contribution in [2.75, 3.05) is 0 Å². The van der Waals surface area contributed by atoms with Gasteiger partial charge >= 0.3 is 0 Å². The summed E-state index contributed by atoms with van der Waals surface area (Å²) in [5, 5.41) is 13.9. The zero-order valence-corrected chi connectivity index (χ0v) is 15.2. The highest BCUT2D eigenvalue weighted by Gasteiger charge is 2.23. The molecule has 1 fully saturated rings. The van der Waals surface area contributed by atoms with E-state index in [4.69, 9.17) is 10.3 Å². The first-order valence-corrected chi connectivity index (χ1v) is 9.10. The highest BCUT2D eigenvalue weighted by Crippen LogP contribution is 2.25. The van der Waals surface area contributed by atoms with Gasteiger partial charge in [0, 0.05) is 41.5 Å². The highest BCUT2D eigenvalue weighted by atomic mass is 16.5. The number of imidazole rings is 1. The number of aromatic nitrogens is 3. The van der Waals surface area contributed by atoms with Gasteiger partial charge in [0.2, 0.25) is 0 Å². The lowest BCUT2D eigenvalue weighted by molar-refractivity contribution is 0.184. The van der Waals surface area contributed by atoms with Gasteiger partial charge in [0.25, 0.3) is 0 Å². The van der Waals surface area contributed by atoms with E-state index in [9.17, 15) is 5.11 Å². The van der Waals surface area contributed by atoms with E-state index in [0.717, 1.165) is 29.7 Å². The van der Waals surface area contributed by atoms with Crippen LogP contribution in [0.25, 0.3) is 11.3 Å². The van der Waals surface area contributed by atoms with Crippen LogP contribution in [0.1, 0.15) is 43.0 Å². The quantitative estimate of drug-likeness (QED) is 0.697. The van der Waals surface area contributed by atoms with E-state index < -0.39 is 6.10 Å². The van der Waals surface area contributed by atoms with Gasteiger partial charge in [-0.3, -0.25) is 0 Å². The minimum atomic E-state index is -0.629. The monoisotopic (exact) mass is 362 g/mol. The van der Waals surface area contributed by atoms with Gasteiger partial charge in [-0.15, -0.1) is 0 Å². The molecule has 3 aromatic rings. The minimum absolute atomic E-state index is 0.325. The number of nitrogens with two attached hydrogens (primary N) is 1. The second kappa shape index (κ2) is 7.39. The fraction of sp³-hybridized carbons (Fsp3) is 0.333. The molecule has 2 heterocycles. The molecule has 27 heavy (non-hydrogen) atoms. The maximum absolute atomic E-state index is 9.75. The van der Waals surface area contributed by atoms with E-state index in [1.807, 2.05) is 41.1 Å². The molecule has 4 rings (SSSR count). The van der Waals surface area contributed by atoms with Crippen molar-refractivity contribution in [1.29, 1.82) is 0 Å². The van der Waals surface area contributed by atoms with Crippen LogP contribution >= 0.6 is 0 Å². The Morgan fingerprint density at radius 1 is 1.33 bits per heavy atom. The summed E-state index contributed by atoms with van der Waals surface area (Å²) in [5.74, 6) is 8.23. The number of rotatable bonds is 4. The van der Waals surface area contributed by atoms with Crippen molar-refractivity contribution in [1.82, 2.24) is 14.7 Å². The Morgan fingerprint density at radius 2 is 2.11 bits per heavy atom. The average Bonchev–Trinajstić information content (AvgIpc) is 3.28. The maximum atomic E-state index is 9.75. The third kappa shape index (κ3) is 3.95. The van der Waals surface area contributed by atoms with E-state index in [-0.39, 0.29) is 0 Å². The Hall–Kier alpha value is -2.88. The number of benzene rings is 1. The average molecular weight is 362 g/mol. The lowest BCUT2D eigenvalue weighted by atomic mass is 9.81. The van der Waals surface area contributed by atoms with E-state index in [2.05, 4.69) is 22.0 Å². The molecule has 1 atom stereocenters. The first-order chi connectivity index (χ1) is 13.1. The normalized spacial score (nSPS) is 19.8. The number of hydrogen-bond acceptors (Lipinski definition) is 5. The molecular weight excluding hydrogens is 340 g/mol. The molecule has 138 valence electrons. The van der Waals surface area contributed by atoms with Gasteiger partial charge in [-0.1, -0.05) is 17.0 Å². The van der Waals surface area contributed by atoms with Crippen molar-refractivity contribution < 1.29 is 9.63 Å². The van der Waals surface area contributed by atoms with Crippen molar-refractivity contribution >= 4 is 0 Å². The summed E-state index contributed by atoms with van der Waals surface area (Å²) in [6, 6.07) is 10.2. The molecule has 0 aliphatic heterocycles. The number of aliphatic hydroxyl groups is 1. The number of hydrogen-bond donors (Lipinski definition) is 2. The minimum Gasteiger partial charge on any atom is -0.385 e. The summed E-state index contributed by atoms with van der Waals surface area (Å²) in [4.78, 5) is 4.17. The zero-order valence-electron chi connectivity index (χ0n) is 15.2. The summed E-state index contributed by atoms with van der Waals surface area (Å²) in [5.41, 5.74) is 8.50. The smallest absolute Gasteiger partial charge is 0.167 e. The number of nitrogens with zero attached hydrogens (tertiary/aromatic N) is 3. The van der Waals surface area contributed by atoms with Gasteiger partial charge < -0.3 is 19.9 Å². The Balaban J connectivity index is 1.44. The predicted molar refractivity (Wildman–Crippen MR) is 101 cm³/mol. The van der Waals surface area contributed by atoms with Crippen LogP contribution in [0.3, 0.4) is 0 Å². The topological polar surface area (TPSA) is 90.1 Å². The Bertz CT molecular complexity index is 970. The first-order valence-electron chi connectivity index (χ1n) is 9.10. The van der Waals surface area contributed by atoms with Gasteiger partial charge in [0.1, 0.15) is 17.6 Å². The van der Waals surface area contributed by atoms with Crippen LogP contribution in [0.5, 0.6) is 0 Å². The van der Waals surface area contributed by atoms with Crippen LogP contribution < -0.4 is 5.73 Å². The highest BCUT2D eigenvalue weighted by molar-refractivity contribution is 5.59. The molecule has 0 radical (unpaired) electrons. The second-order valence-corrected chi connectivity index (χ2v) is 7.05. The summed E-state index contributed by atoms with van der Waals surface area (Å²) in [6.45, 7) is 2.19. The molecule has 6 heteroatoms. The zero-order chi connectivity index (χ0) is 18.8. The van der Waals surface area contributed by atoms with Gasteiger partial charge in [-0.05, 0) is 44.0 Å². The molecule has 1 saturated carbocycles. The van der Waals surface area contributed by atoms with Gasteiger partial charge in [0.15, 0.2) is 5.76 Å². The summed E-state index contributed by atoms with van der Waals surface area (Å²) >= 11 is 0. The van der Waals surface area contributed by atoms with Crippen LogP contribution in [0, 0.1) is 17.8 Å². The largest absolute Gasteiger partial charge is 0.385 e. The molecule has 1 unspecified atom stereocenters. The third-order valence-electron chi connectivity index (χ3n) is 4.78. The van der Waals surface area contributed by atoms with Crippen molar-refractivity contribution in [3.8, 4) is 23.2 Å². The summed E-state index contributed by atoms with van der Waals surface area (Å²) in [6.07, 6.45) is 4.86. The molecule has 0 spiro atoms. The van der Waals surface area contributed by atoms with Crippen LogP contribution in [-0.4, -0.2) is 25.9 Å². The van der Waals surface area contributed by atoms with Crippen LogP contribution in [0.4, 0.5) is 0 Å². The Labute approximate surface area is 158 Å². The molecular formula is C21H22N4O2. The van der Waals surface area contributed by atoms with Gasteiger partial charge in [-0.25, -0.2) is 4.98 Å². The lowest BCUT2D eigenvalue weighted by Gasteiger charge is -2.27. The van der Waals surface area contributed by atoms with Gasteiger partial charge in [-0.2, -0.15) is 0 Å². The van der Waals surface area contributed by atoms with E-state index >= 15 is 0 Å². The standard InChI is InChI=1S/C21H22N4O2/c1-14(26)21-23-8-9-25(21)13-19-12-20(27-24-19)17-6-4-15(5-7-17)2-3-16-10-18(22)11-16/h4-9,12,14,16,18,26H,10-11,13,22H2,1H3. The second-order valence-electron chi connectivity index (χ2n) is 7.05. The van der Waals surface area contributed by atoms with Crippen LogP contribution in [0.2, 0.25) is 0 Å². The molecule has 0 saturated heterocycles. The third-order valence-corrected chi connectivity index (χ3v) is 4.78. The lowest BCUT2D eigenvalue weighted by Crippen LogP contribution is -2.35. The number of aliphatic hydroxyl groups excluding tert-OH is 1. The van der Waals surface area contributed by atoms with Gasteiger partial charge in [0.05, 0.1) is 6.54 Å². The fourth-order valence-electron chi connectivity index (χ4n) is 3.20. The van der Waals surface area contributed by atoms with E-state index in [0.29, 0.717) is 30.1 Å². The predicted octanol–water partition coefficient (Wildman–Crippen LogP) is 2.73. The van der Waals surface area contributed by atoms with Crippen molar-refractivity contribution in [3.63, 3.8) is 0 Å². The first kappa shape index (κ1) is 17.5. The van der Waals surface area contributed by atoms with Crippen molar-refractivity contribution in [2.24, 2.45) is 11.7 Å². The molecule has 1 aliphatic rings. The Morgan fingerprint density at radius 3 is 2.81 bits per heavy atom. The fourth-order valence-corrected chi connectivity index (χ4v) is 3.20. The molecule has 3 N–H and O–H groups in total. The molecule has 0 amide bonds. The summed E-state index contributed by atoms with van der Waals surface area (Å²) < 4.78 is 7.34. The maximum Gasteiger partial charge on any atom is 0.167 e. The molecule has 2 aromatic heterocycles. The van der Waals surface area contributed by atoms with E-state index in [1.54, 1.807) is 13.1 Å². The van der Waals surface area contributed by atoms with Crippen LogP contribution in [0.15, 0.2) is 47.2 Å². The Kier molecular flexibility index (Phi) is 4.80. The SMILES string of the molecule is CC(O)c1nccn1Cc1cc(-c2ccc(C#CC3CC(N)C3)cc2)on1. The molecule has 6 nitrogen and oxygen atoms in total.